The highest BCUT2D eigenvalue weighted by molar-refractivity contribution is 5.94. The minimum atomic E-state index is -4.34. The van der Waals surface area contributed by atoms with E-state index in [4.69, 9.17) is 4.74 Å². The number of rotatable bonds is 6. The minimum Gasteiger partial charge on any atom is -0.374 e. The first-order chi connectivity index (χ1) is 15.8. The monoisotopic (exact) mass is 464 g/mol. The Bertz CT molecular complexity index is 925. The average molecular weight is 465 g/mol. The molecule has 33 heavy (non-hydrogen) atoms. The standard InChI is InChI=1S/C25H28F4N2O2/c26-21-11-7-19(8-12-21)24(32)31(22-3-1-2-4-22)17-23-16-30(13-14-33-23)15-18-5-9-20(10-6-18)25(27,28)29/h5-12,22-23H,1-4,13-17H2. The average Bonchev–Trinajstić information content (AvgIpc) is 3.32. The van der Waals surface area contributed by atoms with Crippen molar-refractivity contribution in [2.75, 3.05) is 26.2 Å². The Hall–Kier alpha value is -2.45. The second kappa shape index (κ2) is 10.2. The van der Waals surface area contributed by atoms with Gasteiger partial charge in [0.15, 0.2) is 0 Å². The lowest BCUT2D eigenvalue weighted by Crippen LogP contribution is -2.50. The third kappa shape index (κ3) is 6.12. The van der Waals surface area contributed by atoms with E-state index in [1.807, 2.05) is 4.90 Å². The first-order valence-corrected chi connectivity index (χ1v) is 11.4. The van der Waals surface area contributed by atoms with Gasteiger partial charge < -0.3 is 9.64 Å². The van der Waals surface area contributed by atoms with Crippen LogP contribution in [0.25, 0.3) is 0 Å². The Morgan fingerprint density at radius 2 is 1.70 bits per heavy atom. The maximum Gasteiger partial charge on any atom is 0.416 e. The normalized spacial score (nSPS) is 20.2. The van der Waals surface area contributed by atoms with Gasteiger partial charge in [0.25, 0.3) is 5.91 Å². The summed E-state index contributed by atoms with van der Waals surface area (Å²) in [4.78, 5) is 17.3. The summed E-state index contributed by atoms with van der Waals surface area (Å²) in [6.45, 7) is 2.71. The third-order valence-corrected chi connectivity index (χ3v) is 6.43. The Labute approximate surface area is 191 Å². The maximum atomic E-state index is 13.3. The molecule has 4 rings (SSSR count). The van der Waals surface area contributed by atoms with Crippen LogP contribution in [0.4, 0.5) is 17.6 Å². The number of carbonyl (C=O) groups is 1. The molecule has 0 N–H and O–H groups in total. The van der Waals surface area contributed by atoms with Crippen LogP contribution in [-0.4, -0.2) is 54.1 Å². The molecular weight excluding hydrogens is 436 g/mol. The summed E-state index contributed by atoms with van der Waals surface area (Å²) >= 11 is 0. The molecule has 1 unspecified atom stereocenters. The van der Waals surface area contributed by atoms with Gasteiger partial charge in [0.1, 0.15) is 5.82 Å². The number of morpholine rings is 1. The number of carbonyl (C=O) groups excluding carboxylic acids is 1. The minimum absolute atomic E-state index is 0.120. The highest BCUT2D eigenvalue weighted by Crippen LogP contribution is 2.29. The van der Waals surface area contributed by atoms with Gasteiger partial charge in [-0.15, -0.1) is 0 Å². The lowest BCUT2D eigenvalue weighted by molar-refractivity contribution is -0.137. The fraction of sp³-hybridized carbons (Fsp3) is 0.480. The predicted molar refractivity (Wildman–Crippen MR) is 116 cm³/mol. The second-order valence-corrected chi connectivity index (χ2v) is 8.83. The molecule has 178 valence electrons. The van der Waals surface area contributed by atoms with Gasteiger partial charge in [-0.05, 0) is 54.8 Å². The lowest BCUT2D eigenvalue weighted by atomic mass is 10.1. The number of halogens is 4. The van der Waals surface area contributed by atoms with E-state index < -0.39 is 11.7 Å². The summed E-state index contributed by atoms with van der Waals surface area (Å²) in [6, 6.07) is 11.0. The van der Waals surface area contributed by atoms with Crippen LogP contribution in [0.15, 0.2) is 48.5 Å². The van der Waals surface area contributed by atoms with E-state index in [0.717, 1.165) is 43.4 Å². The van der Waals surface area contributed by atoms with Crippen molar-refractivity contribution in [3.05, 3.63) is 71.0 Å². The van der Waals surface area contributed by atoms with Gasteiger partial charge in [-0.1, -0.05) is 25.0 Å². The van der Waals surface area contributed by atoms with Crippen LogP contribution in [0.3, 0.4) is 0 Å². The molecule has 0 radical (unpaired) electrons. The molecule has 1 aliphatic heterocycles. The van der Waals surface area contributed by atoms with Crippen molar-refractivity contribution >= 4 is 5.91 Å². The van der Waals surface area contributed by atoms with Crippen molar-refractivity contribution in [1.29, 1.82) is 0 Å². The summed E-state index contributed by atoms with van der Waals surface area (Å²) in [5.41, 5.74) is 0.608. The molecule has 0 aromatic heterocycles. The quantitative estimate of drug-likeness (QED) is 0.556. The van der Waals surface area contributed by atoms with Gasteiger partial charge in [-0.3, -0.25) is 9.69 Å². The maximum absolute atomic E-state index is 13.3. The zero-order valence-electron chi connectivity index (χ0n) is 18.4. The van der Waals surface area contributed by atoms with Gasteiger partial charge in [0, 0.05) is 37.8 Å². The van der Waals surface area contributed by atoms with Gasteiger partial charge in [0.05, 0.1) is 18.3 Å². The lowest BCUT2D eigenvalue weighted by Gasteiger charge is -2.38. The number of amides is 1. The summed E-state index contributed by atoms with van der Waals surface area (Å²) < 4.78 is 57.7. The van der Waals surface area contributed by atoms with Crippen LogP contribution in [0.1, 0.15) is 47.2 Å². The second-order valence-electron chi connectivity index (χ2n) is 8.83. The van der Waals surface area contributed by atoms with E-state index in [1.54, 1.807) is 0 Å². The molecule has 2 aliphatic rings. The van der Waals surface area contributed by atoms with E-state index in [-0.39, 0.29) is 23.9 Å². The van der Waals surface area contributed by atoms with Crippen LogP contribution in [0, 0.1) is 5.82 Å². The molecule has 1 aliphatic carbocycles. The van der Waals surface area contributed by atoms with Crippen molar-refractivity contribution in [3.63, 3.8) is 0 Å². The van der Waals surface area contributed by atoms with E-state index >= 15 is 0 Å². The van der Waals surface area contributed by atoms with Gasteiger partial charge in [-0.25, -0.2) is 4.39 Å². The van der Waals surface area contributed by atoms with Crippen molar-refractivity contribution < 1.29 is 27.1 Å². The molecule has 1 atom stereocenters. The van der Waals surface area contributed by atoms with Gasteiger partial charge in [-0.2, -0.15) is 13.2 Å². The molecule has 4 nitrogen and oxygen atoms in total. The molecule has 2 aromatic rings. The fourth-order valence-electron chi connectivity index (χ4n) is 4.68. The van der Waals surface area contributed by atoms with Crippen molar-refractivity contribution in [2.24, 2.45) is 0 Å². The molecule has 1 heterocycles. The molecular formula is C25H28F4N2O2. The van der Waals surface area contributed by atoms with Crippen LogP contribution in [-0.2, 0) is 17.5 Å². The molecule has 1 saturated carbocycles. The number of nitrogens with zero attached hydrogens (tertiary/aromatic N) is 2. The SMILES string of the molecule is O=C(c1ccc(F)cc1)N(CC1CN(Cc2ccc(C(F)(F)F)cc2)CCO1)C1CCCC1. The predicted octanol–water partition coefficient (Wildman–Crippen LogP) is 5.13. The third-order valence-electron chi connectivity index (χ3n) is 6.43. The summed E-state index contributed by atoms with van der Waals surface area (Å²) in [7, 11) is 0. The molecule has 0 bridgehead atoms. The Balaban J connectivity index is 1.41. The Morgan fingerprint density at radius 3 is 2.33 bits per heavy atom. The van der Waals surface area contributed by atoms with Crippen molar-refractivity contribution in [2.45, 2.75) is 50.6 Å². The number of alkyl halides is 3. The van der Waals surface area contributed by atoms with E-state index in [9.17, 15) is 22.4 Å². The van der Waals surface area contributed by atoms with Crippen LogP contribution >= 0.6 is 0 Å². The number of hydrogen-bond acceptors (Lipinski definition) is 3. The molecule has 1 amide bonds. The summed E-state index contributed by atoms with van der Waals surface area (Å²) in [6.07, 6.45) is -0.515. The first kappa shape index (κ1) is 23.7. The number of ether oxygens (including phenoxy) is 1. The molecule has 0 spiro atoms. The van der Waals surface area contributed by atoms with Crippen molar-refractivity contribution in [1.82, 2.24) is 9.80 Å². The Morgan fingerprint density at radius 1 is 1.03 bits per heavy atom. The van der Waals surface area contributed by atoms with E-state index in [0.29, 0.717) is 38.3 Å². The molecule has 2 fully saturated rings. The highest BCUT2D eigenvalue weighted by Gasteiger charge is 2.32. The fourth-order valence-corrected chi connectivity index (χ4v) is 4.68. The van der Waals surface area contributed by atoms with E-state index in [1.165, 1.54) is 36.4 Å². The van der Waals surface area contributed by atoms with Gasteiger partial charge in [0.2, 0.25) is 0 Å². The van der Waals surface area contributed by atoms with Crippen LogP contribution < -0.4 is 0 Å². The van der Waals surface area contributed by atoms with Crippen LogP contribution in [0.5, 0.6) is 0 Å². The molecule has 2 aromatic carbocycles. The number of hydrogen-bond donors (Lipinski definition) is 0. The van der Waals surface area contributed by atoms with Crippen LogP contribution in [0.2, 0.25) is 0 Å². The molecule has 8 heteroatoms. The number of benzene rings is 2. The first-order valence-electron chi connectivity index (χ1n) is 11.4. The zero-order valence-corrected chi connectivity index (χ0v) is 18.4. The topological polar surface area (TPSA) is 32.8 Å². The van der Waals surface area contributed by atoms with E-state index in [2.05, 4.69) is 4.90 Å². The zero-order chi connectivity index (χ0) is 23.4. The molecule has 1 saturated heterocycles. The largest absolute Gasteiger partial charge is 0.416 e. The smallest absolute Gasteiger partial charge is 0.374 e. The summed E-state index contributed by atoms with van der Waals surface area (Å²) in [5, 5.41) is 0. The highest BCUT2D eigenvalue weighted by atomic mass is 19.4. The van der Waals surface area contributed by atoms with Gasteiger partial charge >= 0.3 is 6.18 Å². The van der Waals surface area contributed by atoms with Crippen molar-refractivity contribution in [3.8, 4) is 0 Å². The Kier molecular flexibility index (Phi) is 7.34. The summed E-state index contributed by atoms with van der Waals surface area (Å²) in [5.74, 6) is -0.501.